The lowest BCUT2D eigenvalue weighted by Gasteiger charge is -2.59. The summed E-state index contributed by atoms with van der Waals surface area (Å²) in [7, 11) is 0. The predicted octanol–water partition coefficient (Wildman–Crippen LogP) is 7.10. The monoisotopic (exact) mass is 582 g/mol. The van der Waals surface area contributed by atoms with E-state index >= 15 is 0 Å². The third-order valence-corrected chi connectivity index (χ3v) is 10.3. The number of halogens is 7. The molecule has 0 heterocycles. The number of rotatable bonds is 5. The molecule has 0 amide bonds. The summed E-state index contributed by atoms with van der Waals surface area (Å²) in [4.78, 5) is 36.8. The van der Waals surface area contributed by atoms with Crippen molar-refractivity contribution < 1.29 is 54.6 Å². The van der Waals surface area contributed by atoms with Crippen molar-refractivity contribution in [2.45, 2.75) is 103 Å². The zero-order valence-corrected chi connectivity index (χ0v) is 22.9. The van der Waals surface area contributed by atoms with Crippen molar-refractivity contribution in [2.75, 3.05) is 0 Å². The molecule has 0 aliphatic heterocycles. The molecule has 0 aromatic carbocycles. The van der Waals surface area contributed by atoms with Gasteiger partial charge in [0.15, 0.2) is 11.4 Å². The van der Waals surface area contributed by atoms with Crippen molar-refractivity contribution in [3.8, 4) is 0 Å². The molecule has 4 aliphatic carbocycles. The van der Waals surface area contributed by atoms with Gasteiger partial charge in [0, 0.05) is 18.8 Å². The van der Waals surface area contributed by atoms with Crippen LogP contribution in [0.3, 0.4) is 0 Å². The lowest BCUT2D eigenvalue weighted by molar-refractivity contribution is -0.347. The first-order chi connectivity index (χ1) is 18.2. The molecule has 0 N–H and O–H groups in total. The molecular weight excluding hydrogens is 549 g/mol. The minimum Gasteiger partial charge on any atom is -0.451 e. The molecule has 0 radical (unpaired) electrons. The molecule has 0 spiro atoms. The number of ether oxygens (including phenoxy) is 2. The van der Waals surface area contributed by atoms with E-state index in [0.717, 1.165) is 5.57 Å². The molecule has 0 saturated heterocycles. The summed E-state index contributed by atoms with van der Waals surface area (Å²) < 4.78 is 102. The average Bonchev–Trinajstić information content (AvgIpc) is 3.12. The van der Waals surface area contributed by atoms with Crippen LogP contribution in [-0.2, 0) is 23.9 Å². The van der Waals surface area contributed by atoms with Gasteiger partial charge in [-0.2, -0.15) is 30.7 Å². The van der Waals surface area contributed by atoms with Gasteiger partial charge in [0.2, 0.25) is 0 Å². The third-order valence-electron chi connectivity index (χ3n) is 10.3. The van der Waals surface area contributed by atoms with Gasteiger partial charge in [-0.15, -0.1) is 0 Å². The van der Waals surface area contributed by atoms with E-state index in [4.69, 9.17) is 4.74 Å². The Hall–Kier alpha value is -2.40. The maximum absolute atomic E-state index is 13.9. The van der Waals surface area contributed by atoms with Gasteiger partial charge in [0.1, 0.15) is 5.76 Å². The van der Waals surface area contributed by atoms with Crippen molar-refractivity contribution >= 4 is 17.7 Å². The molecule has 2 fully saturated rings. The van der Waals surface area contributed by atoms with E-state index < -0.39 is 46.4 Å². The second-order valence-electron chi connectivity index (χ2n) is 12.3. The quantitative estimate of drug-likeness (QED) is 0.256. The van der Waals surface area contributed by atoms with Crippen LogP contribution in [-0.4, -0.2) is 41.3 Å². The summed E-state index contributed by atoms with van der Waals surface area (Å²) in [5, 5.41) is 0. The largest absolute Gasteiger partial charge is 0.460 e. The van der Waals surface area contributed by atoms with Crippen LogP contribution in [0.25, 0.3) is 0 Å². The Labute approximate surface area is 227 Å². The van der Waals surface area contributed by atoms with Gasteiger partial charge in [0.05, 0.1) is 0 Å². The topological polar surface area (TPSA) is 69.7 Å². The van der Waals surface area contributed by atoms with E-state index in [2.05, 4.69) is 4.74 Å². The van der Waals surface area contributed by atoms with E-state index in [1.165, 1.54) is 19.9 Å². The van der Waals surface area contributed by atoms with Crippen molar-refractivity contribution in [2.24, 2.45) is 28.6 Å². The van der Waals surface area contributed by atoms with Crippen LogP contribution < -0.4 is 0 Å². The standard InChI is InChI=1S/C28H33F7O5/c1-14-12-18-19(7-10-24(5)20(18)8-11-25(24,15(2)36)40-16(3)37)23(4)9-6-17(13-21(14)23)39-22(38)26(29,30)27(31,32)28(33,34)35/h13,18-20H,6-12H2,1-5H3/t18-,19+,20+,23-,24+,25+/m1/s1. The summed E-state index contributed by atoms with van der Waals surface area (Å²) in [6.45, 7) is 8.54. The van der Waals surface area contributed by atoms with E-state index in [1.54, 1.807) is 0 Å². The second kappa shape index (κ2) is 9.31. The molecule has 0 unspecified atom stereocenters. The minimum atomic E-state index is -6.64. The Morgan fingerprint density at radius 1 is 0.925 bits per heavy atom. The molecule has 4 rings (SSSR count). The Balaban J connectivity index is 1.63. The highest BCUT2D eigenvalue weighted by Crippen LogP contribution is 2.68. The smallest absolute Gasteiger partial charge is 0.451 e. The number of hydrogen-bond donors (Lipinski definition) is 0. The minimum absolute atomic E-state index is 0.0503. The maximum Gasteiger partial charge on any atom is 0.460 e. The summed E-state index contributed by atoms with van der Waals surface area (Å²) >= 11 is 0. The molecule has 40 heavy (non-hydrogen) atoms. The fourth-order valence-electron chi connectivity index (χ4n) is 8.37. The molecule has 2 saturated carbocycles. The Bertz CT molecular complexity index is 1190. The van der Waals surface area contributed by atoms with Gasteiger partial charge in [-0.05, 0) is 87.2 Å². The summed E-state index contributed by atoms with van der Waals surface area (Å²) in [6, 6.07) is 0. The van der Waals surface area contributed by atoms with Crippen molar-refractivity contribution in [3.63, 3.8) is 0 Å². The summed E-state index contributed by atoms with van der Waals surface area (Å²) in [6.07, 6.45) is -2.22. The Morgan fingerprint density at radius 3 is 2.08 bits per heavy atom. The fourth-order valence-corrected chi connectivity index (χ4v) is 8.37. The third kappa shape index (κ3) is 4.13. The van der Waals surface area contributed by atoms with Crippen LogP contribution in [0.1, 0.15) is 79.6 Å². The molecule has 224 valence electrons. The molecule has 6 atom stereocenters. The number of alkyl halides is 7. The van der Waals surface area contributed by atoms with E-state index in [0.29, 0.717) is 44.1 Å². The first-order valence-corrected chi connectivity index (χ1v) is 13.3. The maximum atomic E-state index is 13.9. The van der Waals surface area contributed by atoms with Crippen LogP contribution >= 0.6 is 0 Å². The van der Waals surface area contributed by atoms with Crippen molar-refractivity contribution in [3.05, 3.63) is 23.0 Å². The molecular formula is C28H33F7O5. The zero-order valence-electron chi connectivity index (χ0n) is 22.9. The normalized spacial score (nSPS) is 36.2. The fraction of sp³-hybridized carbons (Fsp3) is 0.750. The van der Waals surface area contributed by atoms with Crippen LogP contribution in [0.15, 0.2) is 23.0 Å². The molecule has 0 aromatic rings. The highest BCUT2D eigenvalue weighted by atomic mass is 19.4. The summed E-state index contributed by atoms with van der Waals surface area (Å²) in [5.74, 6) is -16.5. The number of Topliss-reactive ketones (excluding diaryl/α,β-unsaturated/α-hetero) is 1. The van der Waals surface area contributed by atoms with Gasteiger partial charge < -0.3 is 9.47 Å². The number of fused-ring (bicyclic) bond motifs is 5. The van der Waals surface area contributed by atoms with Crippen molar-refractivity contribution in [1.29, 1.82) is 0 Å². The van der Waals surface area contributed by atoms with Gasteiger partial charge in [-0.3, -0.25) is 9.59 Å². The molecule has 4 aliphatic rings. The van der Waals surface area contributed by atoms with E-state index in [-0.39, 0.29) is 35.7 Å². The predicted molar refractivity (Wildman–Crippen MR) is 127 cm³/mol. The van der Waals surface area contributed by atoms with E-state index in [1.807, 2.05) is 20.8 Å². The Morgan fingerprint density at radius 2 is 1.52 bits per heavy atom. The molecule has 12 heteroatoms. The SMILES string of the molecule is CC(=O)O[C@]1(C(C)=O)CC[C@H]2[C@@H]3CC(C)=C4C=C(OC(=O)C(F)(F)C(F)(F)C(F)(F)F)CC[C@]4(C)[C@H]3CC[C@@]21C. The van der Waals surface area contributed by atoms with E-state index in [9.17, 15) is 45.1 Å². The average molecular weight is 583 g/mol. The first kappa shape index (κ1) is 30.6. The Kier molecular flexibility index (Phi) is 7.11. The van der Waals surface area contributed by atoms with Gasteiger partial charge >= 0.3 is 30.0 Å². The number of hydrogen-bond acceptors (Lipinski definition) is 5. The molecule has 5 nitrogen and oxygen atoms in total. The zero-order chi connectivity index (χ0) is 30.3. The van der Waals surface area contributed by atoms with Crippen LogP contribution in [0, 0.1) is 28.6 Å². The highest BCUT2D eigenvalue weighted by Gasteiger charge is 2.77. The molecule has 0 bridgehead atoms. The molecule has 0 aromatic heterocycles. The highest BCUT2D eigenvalue weighted by molar-refractivity contribution is 5.89. The van der Waals surface area contributed by atoms with Gasteiger partial charge in [-0.25, -0.2) is 4.79 Å². The summed E-state index contributed by atoms with van der Waals surface area (Å²) in [5.41, 5.74) is -0.772. The van der Waals surface area contributed by atoms with Crippen LogP contribution in [0.2, 0.25) is 0 Å². The number of ketones is 1. The lowest BCUT2D eigenvalue weighted by atomic mass is 9.46. The number of allylic oxidation sites excluding steroid dienone is 4. The van der Waals surface area contributed by atoms with Crippen LogP contribution in [0.5, 0.6) is 0 Å². The van der Waals surface area contributed by atoms with Crippen LogP contribution in [0.4, 0.5) is 30.7 Å². The van der Waals surface area contributed by atoms with Gasteiger partial charge in [0.25, 0.3) is 0 Å². The lowest BCUT2D eigenvalue weighted by Crippen LogP contribution is -2.58. The first-order valence-electron chi connectivity index (χ1n) is 13.3. The number of carbonyl (C=O) groups is 3. The number of esters is 2. The number of carbonyl (C=O) groups excluding carboxylic acids is 3. The second-order valence-corrected chi connectivity index (χ2v) is 12.3. The van der Waals surface area contributed by atoms with Crippen molar-refractivity contribution in [1.82, 2.24) is 0 Å². The van der Waals surface area contributed by atoms with Gasteiger partial charge in [-0.1, -0.05) is 19.4 Å².